The first-order valence-electron chi connectivity index (χ1n) is 7.70. The number of carbonyl (C=O) groups excluding carboxylic acids is 1. The van der Waals surface area contributed by atoms with E-state index in [0.717, 1.165) is 11.1 Å². The van der Waals surface area contributed by atoms with Crippen molar-refractivity contribution in [2.24, 2.45) is 11.1 Å². The van der Waals surface area contributed by atoms with Crippen molar-refractivity contribution in [3.05, 3.63) is 58.2 Å². The Hall–Kier alpha value is -3.05. The van der Waals surface area contributed by atoms with Gasteiger partial charge in [-0.3, -0.25) is 4.79 Å². The average molecular weight is 319 g/mol. The number of nitrogens with two attached hydrogens (primary N) is 1. The highest BCUT2D eigenvalue weighted by Gasteiger charge is 2.42. The van der Waals surface area contributed by atoms with Gasteiger partial charge in [-0.1, -0.05) is 26.0 Å². The second-order valence-electron chi connectivity index (χ2n) is 6.77. The van der Waals surface area contributed by atoms with Gasteiger partial charge in [-0.05, 0) is 29.7 Å². The molecule has 0 saturated heterocycles. The minimum atomic E-state index is -0.500. The summed E-state index contributed by atoms with van der Waals surface area (Å²) in [7, 11) is 0. The summed E-state index contributed by atoms with van der Waals surface area (Å²) in [6.45, 7) is 3.81. The maximum Gasteiger partial charge on any atom is 0.205 e. The Morgan fingerprint density at radius 3 is 2.46 bits per heavy atom. The van der Waals surface area contributed by atoms with Gasteiger partial charge in [0, 0.05) is 11.3 Å². The van der Waals surface area contributed by atoms with E-state index < -0.39 is 5.41 Å². The quantitative estimate of drug-likeness (QED) is 0.857. The van der Waals surface area contributed by atoms with Crippen molar-refractivity contribution >= 4 is 5.78 Å². The molecule has 1 aromatic rings. The molecule has 5 nitrogen and oxygen atoms in total. The predicted octanol–water partition coefficient (Wildman–Crippen LogP) is 3.01. The number of benzene rings is 1. The van der Waals surface area contributed by atoms with Crippen molar-refractivity contribution < 1.29 is 9.53 Å². The lowest BCUT2D eigenvalue weighted by Crippen LogP contribution is -2.34. The molecule has 3 rings (SSSR count). The molecule has 0 radical (unpaired) electrons. The summed E-state index contributed by atoms with van der Waals surface area (Å²) in [5, 5.41) is 18.5. The Labute approximate surface area is 140 Å². The minimum Gasteiger partial charge on any atom is -0.444 e. The van der Waals surface area contributed by atoms with Crippen LogP contribution in [0.25, 0.3) is 0 Å². The standard InChI is InChI=1S/C19H17N3O2/c1-19(2)8-13-15(7-16(19)23)24-18(22)14(10-21)17(13)12-5-3-11(9-20)4-6-12/h3-6,17H,7-8,22H2,1-2H3. The third-order valence-corrected chi connectivity index (χ3v) is 4.70. The number of nitrogens with zero attached hydrogens (tertiary/aromatic N) is 2. The van der Waals surface area contributed by atoms with E-state index in [-0.39, 0.29) is 24.0 Å². The average Bonchev–Trinajstić information content (AvgIpc) is 2.55. The molecule has 24 heavy (non-hydrogen) atoms. The molecule has 1 atom stereocenters. The number of rotatable bonds is 1. The number of allylic oxidation sites excluding steroid dienone is 3. The molecule has 2 aliphatic rings. The van der Waals surface area contributed by atoms with Gasteiger partial charge >= 0.3 is 0 Å². The molecule has 1 unspecified atom stereocenters. The van der Waals surface area contributed by atoms with E-state index in [1.807, 2.05) is 26.0 Å². The van der Waals surface area contributed by atoms with Gasteiger partial charge in [-0.25, -0.2) is 0 Å². The van der Waals surface area contributed by atoms with Crippen LogP contribution in [0.5, 0.6) is 0 Å². The molecule has 0 aromatic heterocycles. The predicted molar refractivity (Wildman–Crippen MR) is 86.9 cm³/mol. The van der Waals surface area contributed by atoms with Crippen molar-refractivity contribution in [2.75, 3.05) is 0 Å². The first-order chi connectivity index (χ1) is 11.4. The molecule has 0 amide bonds. The van der Waals surface area contributed by atoms with Gasteiger partial charge in [0.05, 0.1) is 18.1 Å². The van der Waals surface area contributed by atoms with Crippen LogP contribution in [0.1, 0.15) is 43.7 Å². The van der Waals surface area contributed by atoms with Crippen LogP contribution in [0.2, 0.25) is 0 Å². The minimum absolute atomic E-state index is 0.0538. The van der Waals surface area contributed by atoms with Crippen LogP contribution in [0.3, 0.4) is 0 Å². The molecule has 1 aliphatic carbocycles. The van der Waals surface area contributed by atoms with E-state index in [0.29, 0.717) is 23.3 Å². The Morgan fingerprint density at radius 2 is 1.88 bits per heavy atom. The van der Waals surface area contributed by atoms with Crippen LogP contribution in [-0.2, 0) is 9.53 Å². The summed E-state index contributed by atoms with van der Waals surface area (Å²) in [6.07, 6.45) is 0.707. The maximum absolute atomic E-state index is 12.3. The van der Waals surface area contributed by atoms with Crippen LogP contribution >= 0.6 is 0 Å². The zero-order valence-corrected chi connectivity index (χ0v) is 13.6. The molecular weight excluding hydrogens is 302 g/mol. The number of ketones is 1. The second-order valence-corrected chi connectivity index (χ2v) is 6.77. The smallest absolute Gasteiger partial charge is 0.205 e. The van der Waals surface area contributed by atoms with Crippen LogP contribution in [0.15, 0.2) is 47.1 Å². The maximum atomic E-state index is 12.3. The van der Waals surface area contributed by atoms with Gasteiger partial charge in [0.25, 0.3) is 0 Å². The summed E-state index contributed by atoms with van der Waals surface area (Å²) >= 11 is 0. The van der Waals surface area contributed by atoms with Crippen molar-refractivity contribution in [3.8, 4) is 12.1 Å². The summed E-state index contributed by atoms with van der Waals surface area (Å²) in [4.78, 5) is 12.3. The highest BCUT2D eigenvalue weighted by Crippen LogP contribution is 2.48. The van der Waals surface area contributed by atoms with Crippen LogP contribution in [-0.4, -0.2) is 5.78 Å². The molecule has 1 aliphatic heterocycles. The van der Waals surface area contributed by atoms with Crippen LogP contribution in [0.4, 0.5) is 0 Å². The van der Waals surface area contributed by atoms with Crippen molar-refractivity contribution in [3.63, 3.8) is 0 Å². The normalized spacial score (nSPS) is 22.3. The van der Waals surface area contributed by atoms with Crippen LogP contribution in [0, 0.1) is 28.1 Å². The molecule has 0 fully saturated rings. The van der Waals surface area contributed by atoms with Crippen LogP contribution < -0.4 is 5.73 Å². The fourth-order valence-corrected chi connectivity index (χ4v) is 3.28. The van der Waals surface area contributed by atoms with Gasteiger partial charge in [-0.15, -0.1) is 0 Å². The van der Waals surface area contributed by atoms with Gasteiger partial charge < -0.3 is 10.5 Å². The molecule has 0 bridgehead atoms. The Morgan fingerprint density at radius 1 is 1.21 bits per heavy atom. The highest BCUT2D eigenvalue weighted by atomic mass is 16.5. The van der Waals surface area contributed by atoms with E-state index >= 15 is 0 Å². The number of nitriles is 2. The molecule has 5 heteroatoms. The first-order valence-corrected chi connectivity index (χ1v) is 7.70. The number of hydrogen-bond donors (Lipinski definition) is 1. The second kappa shape index (κ2) is 5.54. The zero-order chi connectivity index (χ0) is 17.5. The van der Waals surface area contributed by atoms with Crippen molar-refractivity contribution in [2.45, 2.75) is 32.6 Å². The van der Waals surface area contributed by atoms with Crippen molar-refractivity contribution in [1.82, 2.24) is 0 Å². The van der Waals surface area contributed by atoms with E-state index in [2.05, 4.69) is 12.1 Å². The largest absolute Gasteiger partial charge is 0.444 e. The van der Waals surface area contributed by atoms with Crippen molar-refractivity contribution in [1.29, 1.82) is 10.5 Å². The lowest BCUT2D eigenvalue weighted by atomic mass is 9.69. The zero-order valence-electron chi connectivity index (χ0n) is 13.6. The molecule has 1 aromatic carbocycles. The Bertz CT molecular complexity index is 861. The fourth-order valence-electron chi connectivity index (χ4n) is 3.28. The summed E-state index contributed by atoms with van der Waals surface area (Å²) in [5.74, 6) is 0.384. The molecule has 1 heterocycles. The Balaban J connectivity index is 2.14. The summed E-state index contributed by atoms with van der Waals surface area (Å²) < 4.78 is 5.60. The van der Waals surface area contributed by atoms with Gasteiger partial charge in [0.2, 0.25) is 5.88 Å². The molecular formula is C19H17N3O2. The number of ether oxygens (including phenoxy) is 1. The molecule has 2 N–H and O–H groups in total. The lowest BCUT2D eigenvalue weighted by Gasteiger charge is -2.37. The third kappa shape index (κ3) is 2.45. The lowest BCUT2D eigenvalue weighted by molar-refractivity contribution is -0.127. The molecule has 0 spiro atoms. The fraction of sp³-hybridized carbons (Fsp3) is 0.316. The summed E-state index contributed by atoms with van der Waals surface area (Å²) in [5.41, 5.74) is 8.13. The number of carbonyl (C=O) groups is 1. The van der Waals surface area contributed by atoms with E-state index in [1.165, 1.54) is 0 Å². The molecule has 120 valence electrons. The van der Waals surface area contributed by atoms with Gasteiger partial charge in [0.1, 0.15) is 23.2 Å². The first kappa shape index (κ1) is 15.8. The highest BCUT2D eigenvalue weighted by molar-refractivity contribution is 5.88. The van der Waals surface area contributed by atoms with Gasteiger partial charge in [0.15, 0.2) is 0 Å². The SMILES string of the molecule is CC1(C)CC2=C(CC1=O)OC(N)=C(C#N)C2c1ccc(C#N)cc1. The summed E-state index contributed by atoms with van der Waals surface area (Å²) in [6, 6.07) is 11.3. The monoisotopic (exact) mass is 319 g/mol. The topological polar surface area (TPSA) is 99.9 Å². The Kier molecular flexibility index (Phi) is 3.66. The molecule has 0 saturated carbocycles. The van der Waals surface area contributed by atoms with Gasteiger partial charge in [-0.2, -0.15) is 10.5 Å². The van der Waals surface area contributed by atoms with E-state index in [1.54, 1.807) is 12.1 Å². The number of hydrogen-bond acceptors (Lipinski definition) is 5. The van der Waals surface area contributed by atoms with E-state index in [9.17, 15) is 10.1 Å². The third-order valence-electron chi connectivity index (χ3n) is 4.70. The number of Topliss-reactive ketones (excluding diaryl/α,β-unsaturated/α-hetero) is 1. The van der Waals surface area contributed by atoms with E-state index in [4.69, 9.17) is 15.7 Å².